The van der Waals surface area contributed by atoms with Crippen molar-refractivity contribution in [1.29, 1.82) is 0 Å². The molecule has 7 heteroatoms. The summed E-state index contributed by atoms with van der Waals surface area (Å²) in [4.78, 5) is 14.2. The van der Waals surface area contributed by atoms with E-state index in [1.807, 2.05) is 0 Å². The van der Waals surface area contributed by atoms with Crippen LogP contribution < -0.4 is 0 Å². The van der Waals surface area contributed by atoms with Crippen LogP contribution in [0.4, 0.5) is 17.6 Å². The second-order valence-corrected chi connectivity index (χ2v) is 3.90. The van der Waals surface area contributed by atoms with Gasteiger partial charge in [0.25, 0.3) is 0 Å². The number of aromatic nitrogens is 1. The second-order valence-electron chi connectivity index (χ2n) is 3.90. The lowest BCUT2D eigenvalue weighted by Gasteiger charge is -2.10. The van der Waals surface area contributed by atoms with Crippen LogP contribution >= 0.6 is 0 Å². The summed E-state index contributed by atoms with van der Waals surface area (Å²) in [5, 5.41) is 8.97. The number of aromatic carboxylic acids is 1. The number of hydrogen-bond donors (Lipinski definition) is 1. The van der Waals surface area contributed by atoms with E-state index in [4.69, 9.17) is 5.11 Å². The Kier molecular flexibility index (Phi) is 3.44. The van der Waals surface area contributed by atoms with Gasteiger partial charge in [-0.2, -0.15) is 13.2 Å². The first kappa shape index (κ1) is 14.0. The van der Waals surface area contributed by atoms with E-state index in [9.17, 15) is 22.4 Å². The molecule has 0 saturated carbocycles. The molecular weight excluding hydrogens is 278 g/mol. The number of nitrogens with zero attached hydrogens (tertiary/aromatic N) is 1. The molecule has 0 aliphatic rings. The van der Waals surface area contributed by atoms with Gasteiger partial charge in [-0.15, -0.1) is 0 Å². The van der Waals surface area contributed by atoms with Gasteiger partial charge in [0.15, 0.2) is 5.69 Å². The predicted octanol–water partition coefficient (Wildman–Crippen LogP) is 3.60. The van der Waals surface area contributed by atoms with Crippen LogP contribution in [0.25, 0.3) is 11.1 Å². The fourth-order valence-electron chi connectivity index (χ4n) is 1.64. The van der Waals surface area contributed by atoms with Gasteiger partial charge in [0, 0.05) is 5.56 Å². The third kappa shape index (κ3) is 2.76. The van der Waals surface area contributed by atoms with E-state index in [1.165, 1.54) is 12.1 Å². The standard InChI is InChI=1S/C13H7F4NO2/c14-8-3-1-7(2-4-8)9-5-6-10(13(15,16)17)18-11(9)12(19)20/h1-6H,(H,19,20). The number of pyridine rings is 1. The van der Waals surface area contributed by atoms with Crippen molar-refractivity contribution >= 4 is 5.97 Å². The summed E-state index contributed by atoms with van der Waals surface area (Å²) in [6, 6.07) is 6.40. The lowest BCUT2D eigenvalue weighted by molar-refractivity contribution is -0.141. The normalized spacial score (nSPS) is 11.4. The van der Waals surface area contributed by atoms with Gasteiger partial charge in [-0.25, -0.2) is 14.2 Å². The van der Waals surface area contributed by atoms with Crippen molar-refractivity contribution in [3.05, 3.63) is 53.6 Å². The third-order valence-electron chi connectivity index (χ3n) is 2.54. The Morgan fingerprint density at radius 2 is 1.65 bits per heavy atom. The highest BCUT2D eigenvalue weighted by Gasteiger charge is 2.33. The Bertz CT molecular complexity index is 650. The van der Waals surface area contributed by atoms with Gasteiger partial charge < -0.3 is 5.11 Å². The third-order valence-corrected chi connectivity index (χ3v) is 2.54. The second kappa shape index (κ2) is 4.92. The minimum absolute atomic E-state index is 0.00880. The lowest BCUT2D eigenvalue weighted by atomic mass is 10.0. The summed E-state index contributed by atoms with van der Waals surface area (Å²) < 4.78 is 50.3. The summed E-state index contributed by atoms with van der Waals surface area (Å²) in [5.41, 5.74) is -1.76. The Morgan fingerprint density at radius 3 is 2.15 bits per heavy atom. The number of halogens is 4. The number of hydrogen-bond acceptors (Lipinski definition) is 2. The highest BCUT2D eigenvalue weighted by Crippen LogP contribution is 2.31. The largest absolute Gasteiger partial charge is 0.476 e. The topological polar surface area (TPSA) is 50.2 Å². The molecule has 2 aromatic rings. The first-order valence-corrected chi connectivity index (χ1v) is 5.36. The molecule has 20 heavy (non-hydrogen) atoms. The number of carboxylic acid groups (broad SMARTS) is 1. The van der Waals surface area contributed by atoms with Crippen molar-refractivity contribution in [3.63, 3.8) is 0 Å². The maximum Gasteiger partial charge on any atom is 0.433 e. The van der Waals surface area contributed by atoms with Crippen LogP contribution in [0.1, 0.15) is 16.2 Å². The highest BCUT2D eigenvalue weighted by molar-refractivity contribution is 5.93. The highest BCUT2D eigenvalue weighted by atomic mass is 19.4. The first-order chi connectivity index (χ1) is 9.29. The SMILES string of the molecule is O=C(O)c1nc(C(F)(F)F)ccc1-c1ccc(F)cc1. The number of carboxylic acids is 1. The molecule has 0 spiro atoms. The average Bonchev–Trinajstić information content (AvgIpc) is 2.38. The molecule has 0 atom stereocenters. The van der Waals surface area contributed by atoms with Gasteiger partial charge in [0.05, 0.1) is 0 Å². The molecular formula is C13H7F4NO2. The van der Waals surface area contributed by atoms with Gasteiger partial charge in [-0.1, -0.05) is 12.1 Å². The van der Waals surface area contributed by atoms with Crippen LogP contribution in [0.15, 0.2) is 36.4 Å². The molecule has 1 heterocycles. The number of rotatable bonds is 2. The van der Waals surface area contributed by atoms with E-state index in [-0.39, 0.29) is 11.1 Å². The molecule has 0 radical (unpaired) electrons. The summed E-state index contributed by atoms with van der Waals surface area (Å²) in [6.07, 6.45) is -4.73. The molecule has 2 rings (SSSR count). The molecule has 0 unspecified atom stereocenters. The molecule has 1 aromatic heterocycles. The number of alkyl halides is 3. The maximum absolute atomic E-state index is 12.8. The van der Waals surface area contributed by atoms with Gasteiger partial charge in [-0.3, -0.25) is 0 Å². The molecule has 0 saturated heterocycles. The van der Waals surface area contributed by atoms with Crippen molar-refractivity contribution in [3.8, 4) is 11.1 Å². The molecule has 0 aliphatic heterocycles. The zero-order valence-electron chi connectivity index (χ0n) is 9.78. The van der Waals surface area contributed by atoms with Crippen LogP contribution in [0.3, 0.4) is 0 Å². The van der Waals surface area contributed by atoms with Gasteiger partial charge >= 0.3 is 12.1 Å². The zero-order chi connectivity index (χ0) is 14.9. The van der Waals surface area contributed by atoms with Crippen LogP contribution in [-0.2, 0) is 6.18 Å². The van der Waals surface area contributed by atoms with E-state index < -0.39 is 29.4 Å². The Balaban J connectivity index is 2.59. The smallest absolute Gasteiger partial charge is 0.433 e. The molecule has 104 valence electrons. The first-order valence-electron chi connectivity index (χ1n) is 5.36. The zero-order valence-corrected chi connectivity index (χ0v) is 9.78. The van der Waals surface area contributed by atoms with E-state index in [0.29, 0.717) is 6.07 Å². The maximum atomic E-state index is 12.8. The van der Waals surface area contributed by atoms with E-state index in [1.54, 1.807) is 0 Å². The number of benzene rings is 1. The van der Waals surface area contributed by atoms with Crippen molar-refractivity contribution < 1.29 is 27.5 Å². The minimum Gasteiger partial charge on any atom is -0.476 e. The molecule has 0 fully saturated rings. The van der Waals surface area contributed by atoms with Gasteiger partial charge in [0.1, 0.15) is 11.5 Å². The van der Waals surface area contributed by atoms with Crippen molar-refractivity contribution in [2.24, 2.45) is 0 Å². The van der Waals surface area contributed by atoms with Crippen molar-refractivity contribution in [2.45, 2.75) is 6.18 Å². The van der Waals surface area contributed by atoms with Gasteiger partial charge in [-0.05, 0) is 29.8 Å². The molecule has 1 N–H and O–H groups in total. The fraction of sp³-hybridized carbons (Fsp3) is 0.0769. The Labute approximate surface area is 110 Å². The summed E-state index contributed by atoms with van der Waals surface area (Å²) in [5.74, 6) is -2.12. The van der Waals surface area contributed by atoms with Crippen LogP contribution in [-0.4, -0.2) is 16.1 Å². The monoisotopic (exact) mass is 285 g/mol. The van der Waals surface area contributed by atoms with Crippen LogP contribution in [0, 0.1) is 5.82 Å². The average molecular weight is 285 g/mol. The fourth-order valence-corrected chi connectivity index (χ4v) is 1.64. The van der Waals surface area contributed by atoms with E-state index >= 15 is 0 Å². The van der Waals surface area contributed by atoms with Crippen LogP contribution in [0.2, 0.25) is 0 Å². The van der Waals surface area contributed by atoms with Crippen molar-refractivity contribution in [2.75, 3.05) is 0 Å². The van der Waals surface area contributed by atoms with E-state index in [0.717, 1.165) is 18.2 Å². The minimum atomic E-state index is -4.73. The molecule has 0 bridgehead atoms. The summed E-state index contributed by atoms with van der Waals surface area (Å²) in [7, 11) is 0. The van der Waals surface area contributed by atoms with Crippen molar-refractivity contribution in [1.82, 2.24) is 4.98 Å². The Morgan fingerprint density at radius 1 is 1.05 bits per heavy atom. The Hall–Kier alpha value is -2.44. The lowest BCUT2D eigenvalue weighted by Crippen LogP contribution is -2.12. The summed E-state index contributed by atoms with van der Waals surface area (Å²) >= 11 is 0. The molecule has 0 amide bonds. The summed E-state index contributed by atoms with van der Waals surface area (Å²) in [6.45, 7) is 0. The van der Waals surface area contributed by atoms with Crippen LogP contribution in [0.5, 0.6) is 0 Å². The molecule has 1 aromatic carbocycles. The molecule has 3 nitrogen and oxygen atoms in total. The predicted molar refractivity (Wildman–Crippen MR) is 61.6 cm³/mol. The van der Waals surface area contributed by atoms with E-state index in [2.05, 4.69) is 4.98 Å². The molecule has 0 aliphatic carbocycles. The quantitative estimate of drug-likeness (QED) is 0.858. The number of carbonyl (C=O) groups is 1. The van der Waals surface area contributed by atoms with Gasteiger partial charge in [0.2, 0.25) is 0 Å².